The van der Waals surface area contributed by atoms with E-state index in [0.717, 1.165) is 0 Å². The molecule has 11 heteroatoms. The van der Waals surface area contributed by atoms with Gasteiger partial charge in [0.15, 0.2) is 24.0 Å². The summed E-state index contributed by atoms with van der Waals surface area (Å²) in [4.78, 5) is 37.9. The SMILES string of the molecule is CC(C)C[C@H](NC(=O)[C@H](NC(=O)[C@H]1O[C@@H]2OC(C)(C)O[C@@H]2[C@H]2OC(C)(C)O[C@H]21)C(C)C)C(=O)O. The molecule has 0 radical (unpaired) electrons. The van der Waals surface area contributed by atoms with E-state index >= 15 is 0 Å². The van der Waals surface area contributed by atoms with Crippen LogP contribution in [-0.4, -0.2) is 77.3 Å². The molecule has 3 fully saturated rings. The monoisotopic (exact) mass is 486 g/mol. The molecule has 3 heterocycles. The van der Waals surface area contributed by atoms with E-state index in [2.05, 4.69) is 10.6 Å². The molecule has 3 rings (SSSR count). The van der Waals surface area contributed by atoms with Crippen molar-refractivity contribution >= 4 is 17.8 Å². The van der Waals surface area contributed by atoms with Crippen molar-refractivity contribution in [1.29, 1.82) is 0 Å². The number of carbonyl (C=O) groups is 3. The highest BCUT2D eigenvalue weighted by Gasteiger charge is 2.62. The number of rotatable bonds is 8. The minimum atomic E-state index is -1.12. The quantitative estimate of drug-likeness (QED) is 0.460. The molecular weight excluding hydrogens is 448 g/mol. The zero-order chi connectivity index (χ0) is 25.6. The number of nitrogens with one attached hydrogen (secondary N) is 2. The standard InChI is InChI=1S/C23H38N2O9/c1-10(2)9-12(20(28)29)24-18(26)13(11(3)4)25-19(27)16-14-15(32-22(5,6)31-14)17-21(30-16)34-23(7,8)33-17/h10-17,21H,9H2,1-8H3,(H,24,26)(H,25,27)(H,28,29)/t12-,13+,14+,15-,16-,17+,21+/m0/s1. The van der Waals surface area contributed by atoms with Crippen LogP contribution in [0.2, 0.25) is 0 Å². The topological polar surface area (TPSA) is 142 Å². The number of ether oxygens (including phenoxy) is 5. The second kappa shape index (κ2) is 9.69. The lowest BCUT2D eigenvalue weighted by atomic mass is 9.96. The van der Waals surface area contributed by atoms with Gasteiger partial charge < -0.3 is 39.4 Å². The highest BCUT2D eigenvalue weighted by Crippen LogP contribution is 2.44. The van der Waals surface area contributed by atoms with E-state index in [1.807, 2.05) is 13.8 Å². The van der Waals surface area contributed by atoms with Gasteiger partial charge in [-0.25, -0.2) is 4.79 Å². The Kier molecular flexibility index (Phi) is 7.64. The van der Waals surface area contributed by atoms with Gasteiger partial charge in [0.05, 0.1) is 0 Å². The molecule has 3 aliphatic rings. The fraction of sp³-hybridized carbons (Fsp3) is 0.870. The molecule has 34 heavy (non-hydrogen) atoms. The zero-order valence-corrected chi connectivity index (χ0v) is 21.1. The largest absolute Gasteiger partial charge is 0.480 e. The van der Waals surface area contributed by atoms with Crippen molar-refractivity contribution in [3.8, 4) is 0 Å². The number of amides is 2. The highest BCUT2D eigenvalue weighted by atomic mass is 16.9. The molecule has 0 unspecified atom stereocenters. The van der Waals surface area contributed by atoms with Crippen LogP contribution in [0.5, 0.6) is 0 Å². The molecule has 0 saturated carbocycles. The molecule has 3 saturated heterocycles. The molecule has 7 atom stereocenters. The first-order valence-corrected chi connectivity index (χ1v) is 11.8. The number of hydrogen-bond acceptors (Lipinski definition) is 8. The maximum atomic E-state index is 13.4. The van der Waals surface area contributed by atoms with Crippen molar-refractivity contribution < 1.29 is 43.2 Å². The number of aliphatic carboxylic acids is 1. The van der Waals surface area contributed by atoms with E-state index in [1.54, 1.807) is 41.5 Å². The average molecular weight is 487 g/mol. The lowest BCUT2D eigenvalue weighted by molar-refractivity contribution is -0.231. The molecule has 2 amide bonds. The Morgan fingerprint density at radius 2 is 1.41 bits per heavy atom. The number of carboxylic acids is 1. The Morgan fingerprint density at radius 3 is 1.97 bits per heavy atom. The molecule has 0 aromatic carbocycles. The number of fused-ring (bicyclic) bond motifs is 3. The number of carbonyl (C=O) groups excluding carboxylic acids is 2. The van der Waals surface area contributed by atoms with Crippen LogP contribution < -0.4 is 10.6 Å². The molecule has 3 aliphatic heterocycles. The van der Waals surface area contributed by atoms with Gasteiger partial charge in [-0.2, -0.15) is 0 Å². The summed E-state index contributed by atoms with van der Waals surface area (Å²) in [5.74, 6) is -4.42. The van der Waals surface area contributed by atoms with E-state index in [0.29, 0.717) is 0 Å². The highest BCUT2D eigenvalue weighted by molar-refractivity contribution is 5.92. The third-order valence-electron chi connectivity index (χ3n) is 5.98. The summed E-state index contributed by atoms with van der Waals surface area (Å²) in [7, 11) is 0. The Hall–Kier alpha value is -1.79. The van der Waals surface area contributed by atoms with Gasteiger partial charge >= 0.3 is 5.97 Å². The third-order valence-corrected chi connectivity index (χ3v) is 5.98. The Bertz CT molecular complexity index is 797. The number of hydrogen-bond donors (Lipinski definition) is 3. The van der Waals surface area contributed by atoms with Gasteiger partial charge in [0.25, 0.3) is 5.91 Å². The predicted octanol–water partition coefficient (Wildman–Crippen LogP) is 1.14. The lowest BCUT2D eigenvalue weighted by Crippen LogP contribution is -2.62. The Labute approximate surface area is 200 Å². The van der Waals surface area contributed by atoms with E-state index in [-0.39, 0.29) is 18.3 Å². The van der Waals surface area contributed by atoms with Crippen LogP contribution in [0.1, 0.15) is 61.8 Å². The summed E-state index contributed by atoms with van der Waals surface area (Å²) >= 11 is 0. The second-order valence-electron chi connectivity index (χ2n) is 10.8. The lowest BCUT2D eigenvalue weighted by Gasteiger charge is -2.37. The first kappa shape index (κ1) is 26.8. The molecule has 0 aromatic heterocycles. The van der Waals surface area contributed by atoms with Crippen LogP contribution in [0.3, 0.4) is 0 Å². The molecule has 194 valence electrons. The van der Waals surface area contributed by atoms with Crippen molar-refractivity contribution in [3.05, 3.63) is 0 Å². The summed E-state index contributed by atoms with van der Waals surface area (Å²) in [5.41, 5.74) is 0. The third kappa shape index (κ3) is 5.88. The van der Waals surface area contributed by atoms with Crippen molar-refractivity contribution in [3.63, 3.8) is 0 Å². The Balaban J connectivity index is 1.76. The smallest absolute Gasteiger partial charge is 0.326 e. The van der Waals surface area contributed by atoms with Gasteiger partial charge in [-0.05, 0) is 46.0 Å². The summed E-state index contributed by atoms with van der Waals surface area (Å²) < 4.78 is 29.7. The summed E-state index contributed by atoms with van der Waals surface area (Å²) in [6.45, 7) is 14.2. The maximum absolute atomic E-state index is 13.4. The van der Waals surface area contributed by atoms with Crippen LogP contribution >= 0.6 is 0 Å². The molecule has 0 bridgehead atoms. The molecular formula is C23H38N2O9. The molecule has 0 aromatic rings. The van der Waals surface area contributed by atoms with Crippen LogP contribution in [0.25, 0.3) is 0 Å². The predicted molar refractivity (Wildman–Crippen MR) is 118 cm³/mol. The summed E-state index contributed by atoms with van der Waals surface area (Å²) in [5, 5.41) is 14.8. The van der Waals surface area contributed by atoms with Crippen molar-refractivity contribution in [1.82, 2.24) is 10.6 Å². The molecule has 0 spiro atoms. The van der Waals surface area contributed by atoms with Crippen LogP contribution in [0, 0.1) is 11.8 Å². The van der Waals surface area contributed by atoms with E-state index in [4.69, 9.17) is 23.7 Å². The molecule has 11 nitrogen and oxygen atoms in total. The van der Waals surface area contributed by atoms with Gasteiger partial charge in [0.2, 0.25) is 5.91 Å². The van der Waals surface area contributed by atoms with E-state index in [9.17, 15) is 19.5 Å². The van der Waals surface area contributed by atoms with Crippen molar-refractivity contribution in [2.24, 2.45) is 11.8 Å². The fourth-order valence-corrected chi connectivity index (χ4v) is 4.55. The first-order valence-electron chi connectivity index (χ1n) is 11.8. The zero-order valence-electron chi connectivity index (χ0n) is 21.1. The summed E-state index contributed by atoms with van der Waals surface area (Å²) in [6.07, 6.45) is -3.67. The number of carboxylic acid groups (broad SMARTS) is 1. The minimum absolute atomic E-state index is 0.0646. The van der Waals surface area contributed by atoms with Gasteiger partial charge in [0.1, 0.15) is 30.4 Å². The van der Waals surface area contributed by atoms with E-state index in [1.165, 1.54) is 0 Å². The fourth-order valence-electron chi connectivity index (χ4n) is 4.55. The molecule has 3 N–H and O–H groups in total. The van der Waals surface area contributed by atoms with Crippen molar-refractivity contribution in [2.45, 2.75) is 116 Å². The van der Waals surface area contributed by atoms with Gasteiger partial charge in [-0.3, -0.25) is 9.59 Å². The first-order chi connectivity index (χ1) is 15.6. The van der Waals surface area contributed by atoms with E-state index < -0.39 is 72.1 Å². The average Bonchev–Trinajstić information content (AvgIpc) is 3.17. The van der Waals surface area contributed by atoms with Gasteiger partial charge in [-0.1, -0.05) is 27.7 Å². The van der Waals surface area contributed by atoms with Crippen LogP contribution in [0.15, 0.2) is 0 Å². The normalized spacial score (nSPS) is 33.2. The van der Waals surface area contributed by atoms with Crippen LogP contribution in [-0.2, 0) is 38.1 Å². The maximum Gasteiger partial charge on any atom is 0.326 e. The minimum Gasteiger partial charge on any atom is -0.480 e. The van der Waals surface area contributed by atoms with Gasteiger partial charge in [-0.15, -0.1) is 0 Å². The Morgan fingerprint density at radius 1 is 0.853 bits per heavy atom. The molecule has 0 aliphatic carbocycles. The van der Waals surface area contributed by atoms with Crippen molar-refractivity contribution in [2.75, 3.05) is 0 Å². The summed E-state index contributed by atoms with van der Waals surface area (Å²) in [6, 6.07) is -2.03. The van der Waals surface area contributed by atoms with Gasteiger partial charge in [0, 0.05) is 0 Å². The van der Waals surface area contributed by atoms with Crippen LogP contribution in [0.4, 0.5) is 0 Å². The second-order valence-corrected chi connectivity index (χ2v) is 10.8.